The Morgan fingerprint density at radius 1 is 0.968 bits per heavy atom. The molecule has 162 valence electrons. The monoisotopic (exact) mass is 422 g/mol. The molecule has 0 saturated heterocycles. The molecule has 3 aromatic rings. The lowest BCUT2D eigenvalue weighted by Crippen LogP contribution is -2.93. The highest BCUT2D eigenvalue weighted by Crippen LogP contribution is 2.27. The van der Waals surface area contributed by atoms with E-state index < -0.39 is 12.0 Å². The number of amides is 1. The molecule has 0 heterocycles. The molecule has 0 aliphatic heterocycles. The zero-order valence-corrected chi connectivity index (χ0v) is 17.6. The van der Waals surface area contributed by atoms with Crippen molar-refractivity contribution in [2.24, 2.45) is 0 Å². The molecular formula is C24H26N2O5. The Morgan fingerprint density at radius 2 is 1.71 bits per heavy atom. The topological polar surface area (TPSA) is 104 Å². The van der Waals surface area contributed by atoms with E-state index in [9.17, 15) is 14.7 Å². The number of methoxy groups -OCH3 is 2. The average Bonchev–Trinajstić information content (AvgIpc) is 2.78. The van der Waals surface area contributed by atoms with Gasteiger partial charge in [0.15, 0.2) is 11.5 Å². The third-order valence-electron chi connectivity index (χ3n) is 5.07. The molecule has 3 rings (SSSR count). The van der Waals surface area contributed by atoms with Crippen molar-refractivity contribution in [2.75, 3.05) is 26.1 Å². The van der Waals surface area contributed by atoms with Crippen molar-refractivity contribution in [3.05, 3.63) is 66.2 Å². The third kappa shape index (κ3) is 5.96. The zero-order chi connectivity index (χ0) is 22.2. The zero-order valence-electron chi connectivity index (χ0n) is 17.6. The molecule has 1 amide bonds. The van der Waals surface area contributed by atoms with E-state index in [0.29, 0.717) is 30.2 Å². The van der Waals surface area contributed by atoms with Crippen molar-refractivity contribution >= 4 is 28.3 Å². The van der Waals surface area contributed by atoms with Gasteiger partial charge in [0.25, 0.3) is 0 Å². The average molecular weight is 422 g/mol. The van der Waals surface area contributed by atoms with Crippen LogP contribution in [0.1, 0.15) is 12.0 Å². The Morgan fingerprint density at radius 3 is 2.42 bits per heavy atom. The SMILES string of the molecule is COc1ccc(CC[NH2+][C@@H](CC(=O)Nc2ccc3ccccc3c2)C(=O)[O-])cc1OC. The van der Waals surface area contributed by atoms with Gasteiger partial charge in [0.2, 0.25) is 5.91 Å². The van der Waals surface area contributed by atoms with E-state index in [1.165, 1.54) is 0 Å². The highest BCUT2D eigenvalue weighted by molar-refractivity contribution is 5.96. The Bertz CT molecular complexity index is 1070. The van der Waals surface area contributed by atoms with Gasteiger partial charge in [-0.2, -0.15) is 0 Å². The van der Waals surface area contributed by atoms with Gasteiger partial charge in [-0.05, 0) is 40.6 Å². The summed E-state index contributed by atoms with van der Waals surface area (Å²) < 4.78 is 10.5. The summed E-state index contributed by atoms with van der Waals surface area (Å²) in [7, 11) is 3.13. The number of benzene rings is 3. The second-order valence-electron chi connectivity index (χ2n) is 7.20. The fourth-order valence-electron chi connectivity index (χ4n) is 3.43. The summed E-state index contributed by atoms with van der Waals surface area (Å²) in [5.74, 6) is -0.382. The highest BCUT2D eigenvalue weighted by atomic mass is 16.5. The Balaban J connectivity index is 1.55. The first-order valence-corrected chi connectivity index (χ1v) is 10.0. The van der Waals surface area contributed by atoms with E-state index in [-0.39, 0.29) is 12.3 Å². The summed E-state index contributed by atoms with van der Waals surface area (Å²) in [6, 6.07) is 18.0. The highest BCUT2D eigenvalue weighted by Gasteiger charge is 2.18. The van der Waals surface area contributed by atoms with Gasteiger partial charge in [0.05, 0.1) is 33.2 Å². The van der Waals surface area contributed by atoms with Gasteiger partial charge < -0.3 is 30.0 Å². The van der Waals surface area contributed by atoms with Crippen LogP contribution in [0.15, 0.2) is 60.7 Å². The van der Waals surface area contributed by atoms with Crippen LogP contribution in [-0.4, -0.2) is 38.7 Å². The minimum absolute atomic E-state index is 0.179. The van der Waals surface area contributed by atoms with Gasteiger partial charge >= 0.3 is 0 Å². The number of rotatable bonds is 10. The Hall–Kier alpha value is -3.58. The molecule has 0 aliphatic rings. The molecule has 0 saturated carbocycles. The van der Waals surface area contributed by atoms with Crippen molar-refractivity contribution in [2.45, 2.75) is 18.9 Å². The van der Waals surface area contributed by atoms with Gasteiger partial charge in [-0.15, -0.1) is 0 Å². The number of quaternary nitrogens is 1. The van der Waals surface area contributed by atoms with Crippen molar-refractivity contribution in [1.82, 2.24) is 0 Å². The van der Waals surface area contributed by atoms with Crippen LogP contribution in [-0.2, 0) is 16.0 Å². The summed E-state index contributed by atoms with van der Waals surface area (Å²) in [5.41, 5.74) is 1.61. The van der Waals surface area contributed by atoms with Gasteiger partial charge in [-0.25, -0.2) is 0 Å². The van der Waals surface area contributed by atoms with Crippen LogP contribution >= 0.6 is 0 Å². The molecule has 0 aromatic heterocycles. The normalized spacial score (nSPS) is 11.7. The van der Waals surface area contributed by atoms with E-state index in [4.69, 9.17) is 9.47 Å². The second kappa shape index (κ2) is 10.4. The van der Waals surface area contributed by atoms with Crippen LogP contribution < -0.4 is 25.2 Å². The number of hydrogen-bond donors (Lipinski definition) is 2. The van der Waals surface area contributed by atoms with Crippen molar-refractivity contribution < 1.29 is 29.5 Å². The lowest BCUT2D eigenvalue weighted by molar-refractivity contribution is -0.682. The van der Waals surface area contributed by atoms with Crippen molar-refractivity contribution in [3.63, 3.8) is 0 Å². The van der Waals surface area contributed by atoms with Gasteiger partial charge in [-0.1, -0.05) is 36.4 Å². The fraction of sp³-hybridized carbons (Fsp3) is 0.250. The maximum Gasteiger partial charge on any atom is 0.230 e. The first-order valence-electron chi connectivity index (χ1n) is 10.0. The molecule has 1 atom stereocenters. The van der Waals surface area contributed by atoms with Gasteiger partial charge in [-0.3, -0.25) is 4.79 Å². The van der Waals surface area contributed by atoms with E-state index >= 15 is 0 Å². The molecule has 0 spiro atoms. The smallest absolute Gasteiger partial charge is 0.230 e. The second-order valence-corrected chi connectivity index (χ2v) is 7.20. The molecule has 31 heavy (non-hydrogen) atoms. The van der Waals surface area contributed by atoms with Gasteiger partial charge in [0.1, 0.15) is 6.04 Å². The van der Waals surface area contributed by atoms with E-state index in [2.05, 4.69) is 5.32 Å². The number of hydrogen-bond acceptors (Lipinski definition) is 5. The Kier molecular flexibility index (Phi) is 7.45. The number of anilines is 1. The maximum absolute atomic E-state index is 12.4. The molecular weight excluding hydrogens is 396 g/mol. The molecule has 7 nitrogen and oxygen atoms in total. The molecule has 0 unspecified atom stereocenters. The molecule has 7 heteroatoms. The lowest BCUT2D eigenvalue weighted by Gasteiger charge is -2.17. The quantitative estimate of drug-likeness (QED) is 0.509. The molecule has 0 aliphatic carbocycles. The Labute approximate surface area is 181 Å². The summed E-state index contributed by atoms with van der Waals surface area (Å²) in [6.07, 6.45) is 0.428. The number of fused-ring (bicyclic) bond motifs is 1. The number of ether oxygens (including phenoxy) is 2. The number of carbonyl (C=O) groups is 2. The fourth-order valence-corrected chi connectivity index (χ4v) is 3.43. The minimum Gasteiger partial charge on any atom is -0.544 e. The third-order valence-corrected chi connectivity index (χ3v) is 5.07. The van der Waals surface area contributed by atoms with E-state index in [1.807, 2.05) is 48.5 Å². The largest absolute Gasteiger partial charge is 0.544 e. The molecule has 0 radical (unpaired) electrons. The standard InChI is InChI=1S/C24H26N2O5/c1-30-21-10-7-16(13-22(21)31-2)11-12-25-20(24(28)29)15-23(27)26-19-9-8-17-5-3-4-6-18(17)14-19/h3-10,13-14,20,25H,11-12,15H2,1-2H3,(H,26,27)(H,28,29)/t20-/m0/s1. The number of carboxylic acid groups (broad SMARTS) is 1. The van der Waals surface area contributed by atoms with Crippen LogP contribution in [0.3, 0.4) is 0 Å². The van der Waals surface area contributed by atoms with Crippen LogP contribution in [0.25, 0.3) is 10.8 Å². The number of nitrogens with two attached hydrogens (primary N) is 1. The summed E-state index contributed by atoms with van der Waals surface area (Å²) in [4.78, 5) is 23.9. The van der Waals surface area contributed by atoms with Crippen molar-refractivity contribution in [3.8, 4) is 11.5 Å². The van der Waals surface area contributed by atoms with E-state index in [1.54, 1.807) is 31.7 Å². The molecule has 3 N–H and O–H groups in total. The summed E-state index contributed by atoms with van der Waals surface area (Å²) in [5, 5.41) is 18.0. The molecule has 3 aromatic carbocycles. The van der Waals surface area contributed by atoms with Crippen LogP contribution in [0.2, 0.25) is 0 Å². The van der Waals surface area contributed by atoms with Gasteiger partial charge in [0, 0.05) is 12.1 Å². The summed E-state index contributed by atoms with van der Waals surface area (Å²) in [6.45, 7) is 0.484. The lowest BCUT2D eigenvalue weighted by atomic mass is 10.1. The van der Waals surface area contributed by atoms with E-state index in [0.717, 1.165) is 16.3 Å². The first kappa shape index (κ1) is 22.1. The first-order chi connectivity index (χ1) is 15.0. The molecule has 0 fully saturated rings. The van der Waals surface area contributed by atoms with Crippen LogP contribution in [0, 0.1) is 0 Å². The predicted molar refractivity (Wildman–Crippen MR) is 116 cm³/mol. The predicted octanol–water partition coefficient (Wildman–Crippen LogP) is 1.11. The van der Waals surface area contributed by atoms with Crippen molar-refractivity contribution in [1.29, 1.82) is 0 Å². The molecule has 0 bridgehead atoms. The van der Waals surface area contributed by atoms with Crippen LogP contribution in [0.4, 0.5) is 5.69 Å². The number of carboxylic acids is 1. The minimum atomic E-state index is -1.26. The number of aliphatic carboxylic acids is 1. The van der Waals surface area contributed by atoms with Crippen LogP contribution in [0.5, 0.6) is 11.5 Å². The number of nitrogens with one attached hydrogen (secondary N) is 1. The maximum atomic E-state index is 12.4. The number of carbonyl (C=O) groups excluding carboxylic acids is 2. The summed E-state index contributed by atoms with van der Waals surface area (Å²) >= 11 is 0.